The van der Waals surface area contributed by atoms with Gasteiger partial charge in [-0.2, -0.15) is 10.5 Å². The molecular formula is C10H7N3O2. The molecule has 0 spiro atoms. The van der Waals surface area contributed by atoms with Crippen molar-refractivity contribution in [2.45, 2.75) is 13.3 Å². The molecule has 0 heterocycles. The molecule has 1 rings (SSSR count). The van der Waals surface area contributed by atoms with E-state index in [0.717, 1.165) is 0 Å². The quantitative estimate of drug-likeness (QED) is 0.539. The minimum absolute atomic E-state index is 0.0571. The van der Waals surface area contributed by atoms with Gasteiger partial charge >= 0.3 is 0 Å². The summed E-state index contributed by atoms with van der Waals surface area (Å²) in [4.78, 5) is 10.1. The van der Waals surface area contributed by atoms with Crippen molar-refractivity contribution in [1.29, 1.82) is 10.5 Å². The maximum atomic E-state index is 10.7. The number of hydrogen-bond donors (Lipinski definition) is 0. The van der Waals surface area contributed by atoms with E-state index >= 15 is 0 Å². The van der Waals surface area contributed by atoms with Crippen molar-refractivity contribution >= 4 is 5.69 Å². The minimum Gasteiger partial charge on any atom is -0.258 e. The summed E-state index contributed by atoms with van der Waals surface area (Å²) in [5, 5.41) is 27.9. The fraction of sp³-hybridized carbons (Fsp3) is 0.200. The normalized spacial score (nSPS) is 9.00. The van der Waals surface area contributed by atoms with Gasteiger partial charge < -0.3 is 0 Å². The second kappa shape index (κ2) is 4.21. The first kappa shape index (κ1) is 10.7. The predicted molar refractivity (Wildman–Crippen MR) is 51.9 cm³/mol. The van der Waals surface area contributed by atoms with Crippen LogP contribution in [0.3, 0.4) is 0 Å². The van der Waals surface area contributed by atoms with Crippen molar-refractivity contribution in [2.75, 3.05) is 0 Å². The van der Waals surface area contributed by atoms with Gasteiger partial charge in [0.25, 0.3) is 5.69 Å². The van der Waals surface area contributed by atoms with Crippen LogP contribution >= 0.6 is 0 Å². The summed E-state index contributed by atoms with van der Waals surface area (Å²) in [5.41, 5.74) is 0.905. The first-order valence-electron chi connectivity index (χ1n) is 4.15. The lowest BCUT2D eigenvalue weighted by molar-refractivity contribution is -0.385. The molecule has 0 aromatic heterocycles. The minimum atomic E-state index is -0.605. The van der Waals surface area contributed by atoms with E-state index in [1.54, 1.807) is 19.1 Å². The Labute approximate surface area is 86.3 Å². The maximum Gasteiger partial charge on any atom is 0.287 e. The molecule has 0 saturated heterocycles. The largest absolute Gasteiger partial charge is 0.287 e. The summed E-state index contributed by atoms with van der Waals surface area (Å²) in [6.07, 6.45) is 0.105. The van der Waals surface area contributed by atoms with E-state index < -0.39 is 4.92 Å². The molecule has 0 amide bonds. The second-order valence-electron chi connectivity index (χ2n) is 3.01. The maximum absolute atomic E-state index is 10.7. The average molecular weight is 201 g/mol. The summed E-state index contributed by atoms with van der Waals surface area (Å²) in [6.45, 7) is 1.62. The molecule has 5 nitrogen and oxygen atoms in total. The van der Waals surface area contributed by atoms with Gasteiger partial charge in [0.05, 0.1) is 17.4 Å². The van der Waals surface area contributed by atoms with Crippen LogP contribution in [0.2, 0.25) is 0 Å². The van der Waals surface area contributed by atoms with E-state index in [1.807, 2.05) is 6.07 Å². The van der Waals surface area contributed by atoms with Crippen molar-refractivity contribution in [3.05, 3.63) is 38.9 Å². The summed E-state index contributed by atoms with van der Waals surface area (Å²) >= 11 is 0. The van der Waals surface area contributed by atoms with Crippen LogP contribution in [0.25, 0.3) is 0 Å². The summed E-state index contributed by atoms with van der Waals surface area (Å²) in [7, 11) is 0. The van der Waals surface area contributed by atoms with Gasteiger partial charge in [0.15, 0.2) is 0 Å². The number of hydrogen-bond acceptors (Lipinski definition) is 4. The number of nitro benzene ring substituents is 1. The van der Waals surface area contributed by atoms with Crippen LogP contribution < -0.4 is 0 Å². The van der Waals surface area contributed by atoms with Gasteiger partial charge in [-0.25, -0.2) is 0 Å². The molecule has 0 bridgehead atoms. The molecule has 0 N–H and O–H groups in total. The average Bonchev–Trinajstić information content (AvgIpc) is 2.17. The van der Waals surface area contributed by atoms with E-state index in [1.165, 1.54) is 6.07 Å². The Kier molecular flexibility index (Phi) is 3.00. The standard InChI is InChI=1S/C10H7N3O2/c1-7-4-8(2-3-11)5-10(13(14)15)9(7)6-12/h4-5H,2H2,1H3. The lowest BCUT2D eigenvalue weighted by atomic mass is 10.0. The lowest BCUT2D eigenvalue weighted by Crippen LogP contribution is -1.97. The van der Waals surface area contributed by atoms with Gasteiger partial charge in [0, 0.05) is 6.07 Å². The zero-order valence-corrected chi connectivity index (χ0v) is 8.02. The van der Waals surface area contributed by atoms with Gasteiger partial charge in [-0.15, -0.1) is 0 Å². The fourth-order valence-electron chi connectivity index (χ4n) is 1.32. The Hall–Kier alpha value is -2.40. The second-order valence-corrected chi connectivity index (χ2v) is 3.01. The highest BCUT2D eigenvalue weighted by Gasteiger charge is 2.17. The van der Waals surface area contributed by atoms with E-state index in [-0.39, 0.29) is 17.7 Å². The number of nitriles is 2. The Morgan fingerprint density at radius 2 is 2.13 bits per heavy atom. The number of benzene rings is 1. The van der Waals surface area contributed by atoms with Gasteiger partial charge in [0.2, 0.25) is 0 Å². The molecule has 0 radical (unpaired) electrons. The predicted octanol–water partition coefficient (Wildman–Crippen LogP) is 1.84. The molecule has 0 fully saturated rings. The molecule has 74 valence electrons. The van der Waals surface area contributed by atoms with Gasteiger partial charge in [-0.05, 0) is 18.1 Å². The van der Waals surface area contributed by atoms with Crippen LogP contribution in [0, 0.1) is 39.7 Å². The highest BCUT2D eigenvalue weighted by molar-refractivity contribution is 5.55. The van der Waals surface area contributed by atoms with Crippen molar-refractivity contribution < 1.29 is 4.92 Å². The number of aryl methyl sites for hydroxylation is 1. The number of rotatable bonds is 2. The molecule has 0 aliphatic carbocycles. The van der Waals surface area contributed by atoms with Crippen LogP contribution in [-0.4, -0.2) is 4.92 Å². The first-order valence-corrected chi connectivity index (χ1v) is 4.15. The zero-order chi connectivity index (χ0) is 11.4. The van der Waals surface area contributed by atoms with Crippen molar-refractivity contribution in [1.82, 2.24) is 0 Å². The fourth-order valence-corrected chi connectivity index (χ4v) is 1.32. The Bertz CT molecular complexity index is 495. The van der Waals surface area contributed by atoms with Crippen LogP contribution in [0.5, 0.6) is 0 Å². The SMILES string of the molecule is Cc1cc(CC#N)cc([N+](=O)[O-])c1C#N. The smallest absolute Gasteiger partial charge is 0.258 e. The van der Waals surface area contributed by atoms with Crippen LogP contribution in [0.1, 0.15) is 16.7 Å². The van der Waals surface area contributed by atoms with Crippen molar-refractivity contribution in [2.24, 2.45) is 0 Å². The monoisotopic (exact) mass is 201 g/mol. The highest BCUT2D eigenvalue weighted by Crippen LogP contribution is 2.23. The Morgan fingerprint density at radius 1 is 1.47 bits per heavy atom. The Morgan fingerprint density at radius 3 is 2.60 bits per heavy atom. The first-order chi connectivity index (χ1) is 7.10. The molecule has 1 aromatic rings. The summed E-state index contributed by atoms with van der Waals surface area (Å²) in [6, 6.07) is 6.59. The van der Waals surface area contributed by atoms with E-state index in [9.17, 15) is 10.1 Å². The third-order valence-corrected chi connectivity index (χ3v) is 1.97. The number of nitrogens with zero attached hydrogens (tertiary/aromatic N) is 3. The lowest BCUT2D eigenvalue weighted by Gasteiger charge is -2.01. The summed E-state index contributed by atoms with van der Waals surface area (Å²) < 4.78 is 0. The highest BCUT2D eigenvalue weighted by atomic mass is 16.6. The van der Waals surface area contributed by atoms with E-state index in [2.05, 4.69) is 0 Å². The van der Waals surface area contributed by atoms with Gasteiger partial charge in [-0.1, -0.05) is 6.07 Å². The topological polar surface area (TPSA) is 90.7 Å². The Balaban J connectivity index is 3.41. The van der Waals surface area contributed by atoms with Crippen LogP contribution in [0.15, 0.2) is 12.1 Å². The number of nitro groups is 1. The molecule has 0 aliphatic heterocycles. The molecule has 5 heteroatoms. The molecule has 15 heavy (non-hydrogen) atoms. The van der Waals surface area contributed by atoms with Crippen LogP contribution in [0.4, 0.5) is 5.69 Å². The third-order valence-electron chi connectivity index (χ3n) is 1.97. The van der Waals surface area contributed by atoms with Gasteiger partial charge in [-0.3, -0.25) is 10.1 Å². The van der Waals surface area contributed by atoms with E-state index in [0.29, 0.717) is 11.1 Å². The summed E-state index contributed by atoms with van der Waals surface area (Å²) in [5.74, 6) is 0. The zero-order valence-electron chi connectivity index (χ0n) is 8.02. The molecule has 0 atom stereocenters. The molecule has 0 unspecified atom stereocenters. The molecule has 1 aromatic carbocycles. The van der Waals surface area contributed by atoms with Crippen molar-refractivity contribution in [3.8, 4) is 12.1 Å². The van der Waals surface area contributed by atoms with Crippen LogP contribution in [-0.2, 0) is 6.42 Å². The van der Waals surface area contributed by atoms with Gasteiger partial charge in [0.1, 0.15) is 11.6 Å². The molecule has 0 aliphatic rings. The molecular weight excluding hydrogens is 194 g/mol. The third kappa shape index (κ3) is 2.09. The van der Waals surface area contributed by atoms with Crippen molar-refractivity contribution in [3.63, 3.8) is 0 Å². The van der Waals surface area contributed by atoms with E-state index in [4.69, 9.17) is 10.5 Å². The molecule has 0 saturated carbocycles.